The van der Waals surface area contributed by atoms with Crippen molar-refractivity contribution in [1.82, 2.24) is 5.06 Å². The Hall–Kier alpha value is -1.88. The first-order valence-electron chi connectivity index (χ1n) is 5.30. The molecular formula is C12H15NO4. The second kappa shape index (κ2) is 6.00. The van der Waals surface area contributed by atoms with E-state index >= 15 is 0 Å². The Labute approximate surface area is 99.2 Å². The Morgan fingerprint density at radius 1 is 1.24 bits per heavy atom. The zero-order valence-electron chi connectivity index (χ0n) is 9.54. The molecule has 1 aromatic carbocycles. The van der Waals surface area contributed by atoms with Crippen molar-refractivity contribution >= 4 is 11.9 Å². The van der Waals surface area contributed by atoms with E-state index in [9.17, 15) is 14.8 Å². The van der Waals surface area contributed by atoms with Crippen molar-refractivity contribution in [1.29, 1.82) is 0 Å². The van der Waals surface area contributed by atoms with Crippen LogP contribution < -0.4 is 0 Å². The van der Waals surface area contributed by atoms with Crippen LogP contribution in [0.5, 0.6) is 0 Å². The van der Waals surface area contributed by atoms with Crippen LogP contribution in [-0.4, -0.2) is 27.3 Å². The van der Waals surface area contributed by atoms with Crippen molar-refractivity contribution in [3.63, 3.8) is 0 Å². The predicted molar refractivity (Wildman–Crippen MR) is 60.4 cm³/mol. The van der Waals surface area contributed by atoms with E-state index < -0.39 is 17.9 Å². The van der Waals surface area contributed by atoms with E-state index in [0.717, 1.165) is 5.56 Å². The van der Waals surface area contributed by atoms with Gasteiger partial charge in [0.2, 0.25) is 5.91 Å². The molecule has 0 saturated carbocycles. The molecule has 92 valence electrons. The van der Waals surface area contributed by atoms with Gasteiger partial charge in [-0.15, -0.1) is 0 Å². The number of rotatable bonds is 5. The molecule has 1 aromatic rings. The van der Waals surface area contributed by atoms with E-state index in [2.05, 4.69) is 0 Å². The van der Waals surface area contributed by atoms with Gasteiger partial charge in [-0.1, -0.05) is 30.3 Å². The van der Waals surface area contributed by atoms with Crippen LogP contribution in [0.1, 0.15) is 31.4 Å². The summed E-state index contributed by atoms with van der Waals surface area (Å²) >= 11 is 0. The van der Waals surface area contributed by atoms with E-state index in [-0.39, 0.29) is 12.8 Å². The zero-order valence-corrected chi connectivity index (χ0v) is 9.54. The van der Waals surface area contributed by atoms with Gasteiger partial charge >= 0.3 is 5.97 Å². The first kappa shape index (κ1) is 13.2. The molecule has 1 amide bonds. The van der Waals surface area contributed by atoms with Gasteiger partial charge in [0.1, 0.15) is 0 Å². The summed E-state index contributed by atoms with van der Waals surface area (Å²) in [5, 5.41) is 18.7. The summed E-state index contributed by atoms with van der Waals surface area (Å²) in [6.07, 6.45) is -0.486. The average Bonchev–Trinajstić information content (AvgIpc) is 2.35. The number of carbonyl (C=O) groups is 2. The maximum absolute atomic E-state index is 11.5. The van der Waals surface area contributed by atoms with Gasteiger partial charge in [-0.3, -0.25) is 14.8 Å². The van der Waals surface area contributed by atoms with Gasteiger partial charge in [0, 0.05) is 6.42 Å². The van der Waals surface area contributed by atoms with Crippen molar-refractivity contribution in [3.8, 4) is 0 Å². The summed E-state index contributed by atoms with van der Waals surface area (Å²) in [5.41, 5.74) is 0.790. The zero-order chi connectivity index (χ0) is 12.8. The summed E-state index contributed by atoms with van der Waals surface area (Å²) < 4.78 is 0. The SMILES string of the molecule is CC(c1ccccc1)N(O)C(=O)CCC(=O)O. The fourth-order valence-electron chi connectivity index (χ4n) is 1.42. The van der Waals surface area contributed by atoms with Crippen LogP contribution in [0.3, 0.4) is 0 Å². The van der Waals surface area contributed by atoms with Crippen molar-refractivity contribution in [2.45, 2.75) is 25.8 Å². The number of hydrogen-bond donors (Lipinski definition) is 2. The summed E-state index contributed by atoms with van der Waals surface area (Å²) in [4.78, 5) is 21.8. The molecule has 0 aliphatic carbocycles. The second-order valence-electron chi connectivity index (χ2n) is 3.72. The molecule has 5 nitrogen and oxygen atoms in total. The van der Waals surface area contributed by atoms with Crippen molar-refractivity contribution in [3.05, 3.63) is 35.9 Å². The van der Waals surface area contributed by atoms with E-state index in [1.165, 1.54) is 0 Å². The van der Waals surface area contributed by atoms with Crippen LogP contribution in [0.15, 0.2) is 30.3 Å². The Kier molecular flexibility index (Phi) is 4.66. The Bertz CT molecular complexity index is 391. The Balaban J connectivity index is 2.60. The minimum absolute atomic E-state index is 0.205. The lowest BCUT2D eigenvalue weighted by atomic mass is 10.1. The normalized spacial score (nSPS) is 11.9. The number of carboxylic acid groups (broad SMARTS) is 1. The van der Waals surface area contributed by atoms with Gasteiger partial charge in [0.05, 0.1) is 12.5 Å². The first-order chi connectivity index (χ1) is 8.02. The fraction of sp³-hybridized carbons (Fsp3) is 0.333. The molecule has 1 rings (SSSR count). The molecule has 0 heterocycles. The minimum atomic E-state index is -1.06. The highest BCUT2D eigenvalue weighted by molar-refractivity contribution is 5.80. The summed E-state index contributed by atoms with van der Waals surface area (Å²) in [5.74, 6) is -1.65. The number of amides is 1. The third kappa shape index (κ3) is 3.88. The number of nitrogens with zero attached hydrogens (tertiary/aromatic N) is 1. The quantitative estimate of drug-likeness (QED) is 0.605. The number of benzene rings is 1. The molecule has 5 heteroatoms. The van der Waals surface area contributed by atoms with Gasteiger partial charge in [-0.05, 0) is 12.5 Å². The van der Waals surface area contributed by atoms with Gasteiger partial charge in [-0.25, -0.2) is 5.06 Å². The number of carbonyl (C=O) groups excluding carboxylic acids is 1. The predicted octanol–water partition coefficient (Wildman–Crippen LogP) is 1.83. The van der Waals surface area contributed by atoms with Gasteiger partial charge in [0.25, 0.3) is 0 Å². The molecule has 0 saturated heterocycles. The highest BCUT2D eigenvalue weighted by Crippen LogP contribution is 2.18. The standard InChI is InChI=1S/C12H15NO4/c1-9(10-5-3-2-4-6-10)13(17)11(14)7-8-12(15)16/h2-6,9,17H,7-8H2,1H3,(H,15,16). The van der Waals surface area contributed by atoms with E-state index in [1.807, 2.05) is 6.07 Å². The van der Waals surface area contributed by atoms with Crippen LogP contribution in [0, 0.1) is 0 Å². The Morgan fingerprint density at radius 3 is 2.35 bits per heavy atom. The number of aliphatic carboxylic acids is 1. The largest absolute Gasteiger partial charge is 0.481 e. The lowest BCUT2D eigenvalue weighted by Gasteiger charge is -2.22. The lowest BCUT2D eigenvalue weighted by molar-refractivity contribution is -0.176. The molecular weight excluding hydrogens is 222 g/mol. The third-order valence-electron chi connectivity index (χ3n) is 2.46. The number of hydrogen-bond acceptors (Lipinski definition) is 3. The molecule has 1 atom stereocenters. The van der Waals surface area contributed by atoms with Crippen LogP contribution >= 0.6 is 0 Å². The highest BCUT2D eigenvalue weighted by Gasteiger charge is 2.19. The maximum atomic E-state index is 11.5. The van der Waals surface area contributed by atoms with Crippen molar-refractivity contribution < 1.29 is 19.9 Å². The monoisotopic (exact) mass is 237 g/mol. The average molecular weight is 237 g/mol. The first-order valence-corrected chi connectivity index (χ1v) is 5.30. The van der Waals surface area contributed by atoms with E-state index in [4.69, 9.17) is 5.11 Å². The topological polar surface area (TPSA) is 77.8 Å². The highest BCUT2D eigenvalue weighted by atomic mass is 16.5. The second-order valence-corrected chi connectivity index (χ2v) is 3.72. The smallest absolute Gasteiger partial charge is 0.303 e. The lowest BCUT2D eigenvalue weighted by Crippen LogP contribution is -2.30. The van der Waals surface area contributed by atoms with Crippen LogP contribution in [0.25, 0.3) is 0 Å². The van der Waals surface area contributed by atoms with E-state index in [0.29, 0.717) is 5.06 Å². The molecule has 0 spiro atoms. The summed E-state index contributed by atoms with van der Waals surface area (Å²) in [6, 6.07) is 8.54. The van der Waals surface area contributed by atoms with Gasteiger partial charge < -0.3 is 5.11 Å². The van der Waals surface area contributed by atoms with Crippen LogP contribution in [0.4, 0.5) is 0 Å². The Morgan fingerprint density at radius 2 is 1.82 bits per heavy atom. The number of hydroxylamine groups is 2. The molecule has 0 radical (unpaired) electrons. The maximum Gasteiger partial charge on any atom is 0.303 e. The molecule has 0 aromatic heterocycles. The van der Waals surface area contributed by atoms with Crippen molar-refractivity contribution in [2.24, 2.45) is 0 Å². The minimum Gasteiger partial charge on any atom is -0.481 e. The fourth-order valence-corrected chi connectivity index (χ4v) is 1.42. The molecule has 17 heavy (non-hydrogen) atoms. The van der Waals surface area contributed by atoms with Crippen LogP contribution in [-0.2, 0) is 9.59 Å². The van der Waals surface area contributed by atoms with Crippen molar-refractivity contribution in [2.75, 3.05) is 0 Å². The van der Waals surface area contributed by atoms with Gasteiger partial charge in [0.15, 0.2) is 0 Å². The number of carboxylic acids is 1. The summed E-state index contributed by atoms with van der Waals surface area (Å²) in [6.45, 7) is 1.67. The third-order valence-corrected chi connectivity index (χ3v) is 2.46. The molecule has 2 N–H and O–H groups in total. The molecule has 1 unspecified atom stereocenters. The van der Waals surface area contributed by atoms with Crippen LogP contribution in [0.2, 0.25) is 0 Å². The van der Waals surface area contributed by atoms with Gasteiger partial charge in [-0.2, -0.15) is 0 Å². The molecule has 0 aliphatic heterocycles. The van der Waals surface area contributed by atoms with E-state index in [1.54, 1.807) is 31.2 Å². The molecule has 0 aliphatic rings. The molecule has 0 fully saturated rings. The molecule has 0 bridgehead atoms. The summed E-state index contributed by atoms with van der Waals surface area (Å²) in [7, 11) is 0.